The van der Waals surface area contributed by atoms with Crippen LogP contribution in [-0.2, 0) is 20.9 Å². The third-order valence-corrected chi connectivity index (χ3v) is 6.26. The molecule has 1 amide bonds. The fraction of sp³-hybridized carbons (Fsp3) is 0.207. The van der Waals surface area contributed by atoms with Gasteiger partial charge in [-0.2, -0.15) is 5.26 Å². The van der Waals surface area contributed by atoms with Gasteiger partial charge in [-0.05, 0) is 44.0 Å². The highest BCUT2D eigenvalue weighted by molar-refractivity contribution is 6.30. The quantitative estimate of drug-likeness (QED) is 0.231. The average molecular weight is 496 g/mol. The normalized spacial score (nSPS) is 12.4. The zero-order valence-corrected chi connectivity index (χ0v) is 20.8. The van der Waals surface area contributed by atoms with Gasteiger partial charge in [-0.25, -0.2) is 4.79 Å². The molecule has 0 unspecified atom stereocenters. The molecular formula is C29H25N3O5. The van der Waals surface area contributed by atoms with Crippen LogP contribution >= 0.6 is 0 Å². The van der Waals surface area contributed by atoms with Gasteiger partial charge >= 0.3 is 5.97 Å². The van der Waals surface area contributed by atoms with Crippen molar-refractivity contribution in [1.29, 1.82) is 5.26 Å². The summed E-state index contributed by atoms with van der Waals surface area (Å²) in [6, 6.07) is 14.8. The summed E-state index contributed by atoms with van der Waals surface area (Å²) in [5.41, 5.74) is 3.41. The van der Waals surface area contributed by atoms with E-state index >= 15 is 0 Å². The van der Waals surface area contributed by atoms with E-state index < -0.39 is 18.5 Å². The molecule has 0 radical (unpaired) electrons. The van der Waals surface area contributed by atoms with Gasteiger partial charge < -0.3 is 14.6 Å². The molecule has 186 valence electrons. The Hall–Kier alpha value is -4.77. The van der Waals surface area contributed by atoms with Crippen molar-refractivity contribution in [3.05, 3.63) is 93.3 Å². The lowest BCUT2D eigenvalue weighted by molar-refractivity contribution is -0.142. The molecule has 8 heteroatoms. The first-order chi connectivity index (χ1) is 17.8. The summed E-state index contributed by atoms with van der Waals surface area (Å²) in [5.74, 6) is -2.34. The highest BCUT2D eigenvalue weighted by Gasteiger charge is 2.31. The second-order valence-electron chi connectivity index (χ2n) is 8.70. The van der Waals surface area contributed by atoms with E-state index in [4.69, 9.17) is 4.74 Å². The number of esters is 1. The van der Waals surface area contributed by atoms with E-state index in [1.165, 1.54) is 18.2 Å². The zero-order chi connectivity index (χ0) is 26.7. The molecule has 37 heavy (non-hydrogen) atoms. The highest BCUT2D eigenvalue weighted by Crippen LogP contribution is 2.32. The second kappa shape index (κ2) is 10.5. The van der Waals surface area contributed by atoms with Crippen molar-refractivity contribution in [2.45, 2.75) is 33.7 Å². The molecule has 0 atom stereocenters. The Bertz CT molecular complexity index is 1520. The number of ether oxygens (including phenoxy) is 1. The molecule has 1 N–H and O–H groups in total. The second-order valence-corrected chi connectivity index (χ2v) is 8.70. The van der Waals surface area contributed by atoms with Crippen molar-refractivity contribution in [1.82, 2.24) is 4.57 Å². The maximum absolute atomic E-state index is 13.1. The van der Waals surface area contributed by atoms with E-state index in [0.29, 0.717) is 5.56 Å². The van der Waals surface area contributed by atoms with E-state index in [0.717, 1.165) is 29.9 Å². The Balaban J connectivity index is 1.48. The van der Waals surface area contributed by atoms with Crippen LogP contribution in [-0.4, -0.2) is 34.6 Å². The predicted octanol–water partition coefficient (Wildman–Crippen LogP) is 4.38. The number of benzene rings is 2. The van der Waals surface area contributed by atoms with Gasteiger partial charge in [-0.1, -0.05) is 43.3 Å². The third kappa shape index (κ3) is 4.84. The summed E-state index contributed by atoms with van der Waals surface area (Å²) >= 11 is 0. The van der Waals surface area contributed by atoms with E-state index in [2.05, 4.69) is 16.8 Å². The maximum atomic E-state index is 13.1. The molecule has 4 rings (SSSR count). The number of carbonyl (C=O) groups excluding carboxylic acids is 4. The summed E-state index contributed by atoms with van der Waals surface area (Å²) in [6.07, 6.45) is 2.39. The molecule has 1 aliphatic rings. The number of hydrogen-bond acceptors (Lipinski definition) is 6. The van der Waals surface area contributed by atoms with Crippen LogP contribution in [0.3, 0.4) is 0 Å². The Labute approximate surface area is 214 Å². The zero-order valence-electron chi connectivity index (χ0n) is 20.8. The monoisotopic (exact) mass is 495 g/mol. The largest absolute Gasteiger partial charge is 0.451 e. The molecule has 0 aliphatic heterocycles. The number of nitrogens with one attached hydrogen (secondary N) is 1. The van der Waals surface area contributed by atoms with Crippen molar-refractivity contribution >= 4 is 35.2 Å². The molecular weight excluding hydrogens is 470 g/mol. The van der Waals surface area contributed by atoms with Crippen LogP contribution in [0.2, 0.25) is 0 Å². The molecule has 0 spiro atoms. The summed E-state index contributed by atoms with van der Waals surface area (Å²) in [5, 5.41) is 12.1. The molecule has 1 aromatic heterocycles. The minimum Gasteiger partial charge on any atom is -0.451 e. The summed E-state index contributed by atoms with van der Waals surface area (Å²) in [7, 11) is 0. The Kier molecular flexibility index (Phi) is 7.16. The molecule has 0 fully saturated rings. The van der Waals surface area contributed by atoms with E-state index in [-0.39, 0.29) is 39.5 Å². The summed E-state index contributed by atoms with van der Waals surface area (Å²) in [6.45, 7) is 6.08. The van der Waals surface area contributed by atoms with E-state index in [1.54, 1.807) is 30.3 Å². The van der Waals surface area contributed by atoms with Crippen molar-refractivity contribution in [3.8, 4) is 6.07 Å². The number of rotatable bonds is 7. The van der Waals surface area contributed by atoms with Gasteiger partial charge in [0, 0.05) is 34.6 Å². The van der Waals surface area contributed by atoms with Crippen LogP contribution in [0.15, 0.2) is 54.1 Å². The number of anilines is 1. The lowest BCUT2D eigenvalue weighted by Gasteiger charge is -2.20. The van der Waals surface area contributed by atoms with Gasteiger partial charge in [0.25, 0.3) is 5.91 Å². The number of fused-ring (bicyclic) bond motifs is 2. The number of amides is 1. The molecule has 0 saturated heterocycles. The van der Waals surface area contributed by atoms with Gasteiger partial charge in [-0.15, -0.1) is 0 Å². The molecule has 2 aromatic carbocycles. The van der Waals surface area contributed by atoms with Gasteiger partial charge in [0.15, 0.2) is 18.2 Å². The van der Waals surface area contributed by atoms with Gasteiger partial charge in [0.1, 0.15) is 11.6 Å². The Morgan fingerprint density at radius 2 is 1.70 bits per heavy atom. The fourth-order valence-corrected chi connectivity index (χ4v) is 4.48. The molecule has 1 heterocycles. The standard InChI is InChI=1S/C29H25N3O5/c1-4-12-32-17(2)13-19(18(32)3)14-20(15-30)29(36)37-16-25(33)31-24-11-7-10-23-26(24)28(35)22-9-6-5-8-21(22)27(23)34/h5-11,13-14H,4,12,16H2,1-3H3,(H,31,33)/b20-14+. The molecule has 1 aliphatic carbocycles. The van der Waals surface area contributed by atoms with Crippen molar-refractivity contribution in [3.63, 3.8) is 0 Å². The van der Waals surface area contributed by atoms with Gasteiger partial charge in [0.05, 0.1) is 11.3 Å². The molecule has 3 aromatic rings. The van der Waals surface area contributed by atoms with Crippen molar-refractivity contribution in [2.24, 2.45) is 0 Å². The van der Waals surface area contributed by atoms with E-state index in [1.807, 2.05) is 26.0 Å². The van der Waals surface area contributed by atoms with Crippen LogP contribution in [0, 0.1) is 25.2 Å². The predicted molar refractivity (Wildman–Crippen MR) is 137 cm³/mol. The number of carbonyl (C=O) groups is 4. The minimum atomic E-state index is -0.937. The molecule has 8 nitrogen and oxygen atoms in total. The van der Waals surface area contributed by atoms with Crippen LogP contribution in [0.5, 0.6) is 0 Å². The first-order valence-electron chi connectivity index (χ1n) is 11.8. The van der Waals surface area contributed by atoms with Crippen LogP contribution in [0.25, 0.3) is 6.08 Å². The van der Waals surface area contributed by atoms with Gasteiger partial charge in [-0.3, -0.25) is 14.4 Å². The first kappa shape index (κ1) is 25.3. The van der Waals surface area contributed by atoms with Crippen LogP contribution in [0.1, 0.15) is 62.1 Å². The van der Waals surface area contributed by atoms with Crippen LogP contribution < -0.4 is 5.32 Å². The third-order valence-electron chi connectivity index (χ3n) is 6.26. The molecule has 0 bridgehead atoms. The lowest BCUT2D eigenvalue weighted by atomic mass is 9.83. The van der Waals surface area contributed by atoms with Crippen molar-refractivity contribution in [2.75, 3.05) is 11.9 Å². The first-order valence-corrected chi connectivity index (χ1v) is 11.8. The lowest BCUT2D eigenvalue weighted by Crippen LogP contribution is -2.26. The summed E-state index contributed by atoms with van der Waals surface area (Å²) in [4.78, 5) is 51.1. The molecule has 0 saturated carbocycles. The Morgan fingerprint density at radius 1 is 1.03 bits per heavy atom. The number of ketones is 2. The van der Waals surface area contributed by atoms with E-state index in [9.17, 15) is 24.4 Å². The smallest absolute Gasteiger partial charge is 0.349 e. The average Bonchev–Trinajstić information content (AvgIpc) is 3.16. The Morgan fingerprint density at radius 3 is 2.38 bits per heavy atom. The number of aryl methyl sites for hydroxylation is 1. The fourth-order valence-electron chi connectivity index (χ4n) is 4.48. The minimum absolute atomic E-state index is 0.0888. The van der Waals surface area contributed by atoms with Crippen LogP contribution in [0.4, 0.5) is 5.69 Å². The van der Waals surface area contributed by atoms with Gasteiger partial charge in [0.2, 0.25) is 0 Å². The SMILES string of the molecule is CCCn1c(C)cc(/C=C(\C#N)C(=O)OCC(=O)Nc2cccc3c2C(=O)c2ccccc2C3=O)c1C. The summed E-state index contributed by atoms with van der Waals surface area (Å²) < 4.78 is 7.18. The number of nitriles is 1. The number of aromatic nitrogens is 1. The maximum Gasteiger partial charge on any atom is 0.349 e. The number of nitrogens with zero attached hydrogens (tertiary/aromatic N) is 2. The topological polar surface area (TPSA) is 118 Å². The number of hydrogen-bond donors (Lipinski definition) is 1. The highest BCUT2D eigenvalue weighted by atomic mass is 16.5. The van der Waals surface area contributed by atoms with Crippen molar-refractivity contribution < 1.29 is 23.9 Å².